The van der Waals surface area contributed by atoms with Gasteiger partial charge in [0, 0.05) is 37.4 Å². The highest BCUT2D eigenvalue weighted by atomic mass is 32.1. The summed E-state index contributed by atoms with van der Waals surface area (Å²) in [7, 11) is 0. The molecule has 6 heterocycles. The molecule has 4 aromatic rings. The highest BCUT2D eigenvalue weighted by Crippen LogP contribution is 2.38. The van der Waals surface area contributed by atoms with Gasteiger partial charge in [-0.15, -0.1) is 0 Å². The number of hydrogen-bond donors (Lipinski definition) is 0. The number of imidazole rings is 1. The molecule has 2 unspecified atom stereocenters. The lowest BCUT2D eigenvalue weighted by Crippen LogP contribution is -2.56. The van der Waals surface area contributed by atoms with Gasteiger partial charge in [-0.05, 0) is 59.1 Å². The number of anilines is 1. The largest absolute Gasteiger partial charge is 0.444 e. The minimum atomic E-state index is -0.516. The van der Waals surface area contributed by atoms with Gasteiger partial charge in [0.2, 0.25) is 0 Å². The molecular weight excluding hydrogens is 478 g/mol. The second-order valence-electron chi connectivity index (χ2n) is 10.7. The van der Waals surface area contributed by atoms with Gasteiger partial charge in [0.05, 0.1) is 17.6 Å². The molecule has 2 atom stereocenters. The molecule has 0 N–H and O–H groups in total. The summed E-state index contributed by atoms with van der Waals surface area (Å²) < 4.78 is 8.95. The number of ether oxygens (including phenoxy) is 1. The molecule has 11 heteroatoms. The summed E-state index contributed by atoms with van der Waals surface area (Å²) >= 11 is 1.50. The van der Waals surface area contributed by atoms with Gasteiger partial charge in [-0.25, -0.2) is 19.3 Å². The molecule has 2 saturated heterocycles. The summed E-state index contributed by atoms with van der Waals surface area (Å²) in [6, 6.07) is 3.84. The number of aromatic nitrogens is 5. The number of aryl methyl sites for hydroxylation is 2. The normalized spacial score (nSPS) is 20.0. The van der Waals surface area contributed by atoms with Gasteiger partial charge in [0.25, 0.3) is 5.56 Å². The van der Waals surface area contributed by atoms with Gasteiger partial charge in [0.1, 0.15) is 16.3 Å². The fraction of sp³-hybridized carbons (Fsp3) is 0.480. The summed E-state index contributed by atoms with van der Waals surface area (Å²) in [5, 5.41) is 5.64. The van der Waals surface area contributed by atoms with Crippen LogP contribution in [0, 0.1) is 13.8 Å². The number of carbonyl (C=O) groups is 1. The number of fused-ring (bicyclic) bond motifs is 4. The highest BCUT2D eigenvalue weighted by molar-refractivity contribution is 7.20. The predicted octanol–water partition coefficient (Wildman–Crippen LogP) is 3.67. The quantitative estimate of drug-likeness (QED) is 0.408. The molecule has 0 saturated carbocycles. The molecule has 36 heavy (non-hydrogen) atoms. The Kier molecular flexibility index (Phi) is 5.12. The Labute approximate surface area is 212 Å². The van der Waals surface area contributed by atoms with Gasteiger partial charge in [-0.1, -0.05) is 11.3 Å². The van der Waals surface area contributed by atoms with Crippen LogP contribution in [0.25, 0.3) is 22.0 Å². The summed E-state index contributed by atoms with van der Waals surface area (Å²) in [5.41, 5.74) is 3.18. The van der Waals surface area contributed by atoms with Gasteiger partial charge >= 0.3 is 6.09 Å². The first-order chi connectivity index (χ1) is 17.1. The van der Waals surface area contributed by atoms with E-state index in [-0.39, 0.29) is 23.7 Å². The van der Waals surface area contributed by atoms with Crippen molar-refractivity contribution in [3.8, 4) is 11.4 Å². The molecule has 2 aliphatic heterocycles. The Bertz CT molecular complexity index is 1550. The summed E-state index contributed by atoms with van der Waals surface area (Å²) in [6.45, 7) is 10.8. The van der Waals surface area contributed by atoms with Gasteiger partial charge < -0.3 is 14.5 Å². The molecular formula is C25H29N7O3S. The monoisotopic (exact) mass is 507 g/mol. The van der Waals surface area contributed by atoms with Crippen LogP contribution in [0.1, 0.15) is 44.9 Å². The van der Waals surface area contributed by atoms with Crippen LogP contribution in [0.5, 0.6) is 0 Å². The predicted molar refractivity (Wildman–Crippen MR) is 138 cm³/mol. The van der Waals surface area contributed by atoms with Crippen LogP contribution in [0.4, 0.5) is 9.80 Å². The molecule has 0 aliphatic carbocycles. The third kappa shape index (κ3) is 3.91. The van der Waals surface area contributed by atoms with E-state index in [0.29, 0.717) is 29.4 Å². The Morgan fingerprint density at radius 2 is 1.78 bits per heavy atom. The number of amides is 1. The molecule has 2 aliphatic rings. The van der Waals surface area contributed by atoms with Crippen LogP contribution in [0.2, 0.25) is 0 Å². The number of piperazine rings is 1. The highest BCUT2D eigenvalue weighted by Gasteiger charge is 2.43. The Morgan fingerprint density at radius 3 is 2.47 bits per heavy atom. The summed E-state index contributed by atoms with van der Waals surface area (Å²) in [4.78, 5) is 39.8. The van der Waals surface area contributed by atoms with E-state index in [1.807, 2.05) is 58.0 Å². The van der Waals surface area contributed by atoms with Crippen molar-refractivity contribution in [2.75, 3.05) is 18.0 Å². The fourth-order valence-electron chi connectivity index (χ4n) is 5.25. The molecule has 0 radical (unpaired) electrons. The Balaban J connectivity index is 1.31. The SMILES string of the molecule is Cc1cn2nc(-c3cc(=O)n4cc(N5C6CCC5CN(C(=O)OC(C)(C)C)C6)sc4n3)cc(C)c2n1. The molecule has 4 aromatic heterocycles. The Hall–Kier alpha value is -3.47. The molecule has 6 rings (SSSR count). The first kappa shape index (κ1) is 23.0. The maximum Gasteiger partial charge on any atom is 0.410 e. The maximum absolute atomic E-state index is 13.1. The number of likely N-dealkylation sites (tertiary alicyclic amines) is 1. The number of hydrogen-bond acceptors (Lipinski definition) is 8. The van der Waals surface area contributed by atoms with Crippen molar-refractivity contribution in [2.45, 2.75) is 65.1 Å². The van der Waals surface area contributed by atoms with Gasteiger partial charge in [-0.2, -0.15) is 5.10 Å². The van der Waals surface area contributed by atoms with E-state index < -0.39 is 5.60 Å². The van der Waals surface area contributed by atoms with E-state index >= 15 is 0 Å². The van der Waals surface area contributed by atoms with E-state index in [4.69, 9.17) is 9.72 Å². The zero-order valence-corrected chi connectivity index (χ0v) is 21.9. The maximum atomic E-state index is 13.1. The number of thiazole rings is 1. The van der Waals surface area contributed by atoms with E-state index in [2.05, 4.69) is 15.0 Å². The standard InChI is InChI=1S/C25H29N7O3S/c1-14-8-19(28-31-10-15(2)26-22(14)31)18-9-20(33)30-13-21(36-23(30)27-18)32-16-6-7-17(32)12-29(11-16)24(34)35-25(3,4)5/h8-10,13,16-17H,6-7,11-12H2,1-5H3. The van der Waals surface area contributed by atoms with Crippen molar-refractivity contribution in [1.29, 1.82) is 0 Å². The zero-order chi connectivity index (χ0) is 25.4. The van der Waals surface area contributed by atoms with E-state index in [1.54, 1.807) is 8.92 Å². The number of rotatable bonds is 2. The van der Waals surface area contributed by atoms with E-state index in [9.17, 15) is 9.59 Å². The van der Waals surface area contributed by atoms with Crippen LogP contribution >= 0.6 is 11.3 Å². The van der Waals surface area contributed by atoms with Crippen molar-refractivity contribution < 1.29 is 9.53 Å². The van der Waals surface area contributed by atoms with Crippen LogP contribution in [0.3, 0.4) is 0 Å². The number of nitrogens with zero attached hydrogens (tertiary/aromatic N) is 7. The van der Waals surface area contributed by atoms with Crippen LogP contribution in [-0.4, -0.2) is 65.8 Å². The first-order valence-corrected chi connectivity index (χ1v) is 13.0. The van der Waals surface area contributed by atoms with Crippen molar-refractivity contribution in [3.63, 3.8) is 0 Å². The van der Waals surface area contributed by atoms with Gasteiger partial charge in [0.15, 0.2) is 10.6 Å². The van der Waals surface area contributed by atoms with E-state index in [1.165, 1.54) is 17.4 Å². The smallest absolute Gasteiger partial charge is 0.410 e. The molecule has 0 spiro atoms. The van der Waals surface area contributed by atoms with Crippen molar-refractivity contribution in [3.05, 3.63) is 46.1 Å². The lowest BCUT2D eigenvalue weighted by Gasteiger charge is -2.41. The molecule has 1 amide bonds. The molecule has 2 bridgehead atoms. The lowest BCUT2D eigenvalue weighted by atomic mass is 10.2. The summed E-state index contributed by atoms with van der Waals surface area (Å²) in [5.74, 6) is 0. The van der Waals surface area contributed by atoms with Crippen molar-refractivity contribution in [2.24, 2.45) is 0 Å². The minimum Gasteiger partial charge on any atom is -0.444 e. The molecule has 10 nitrogen and oxygen atoms in total. The topological polar surface area (TPSA) is 97.3 Å². The molecule has 0 aromatic carbocycles. The first-order valence-electron chi connectivity index (χ1n) is 12.2. The average molecular weight is 508 g/mol. The molecule has 2 fully saturated rings. The summed E-state index contributed by atoms with van der Waals surface area (Å²) in [6.07, 6.45) is 5.49. The van der Waals surface area contributed by atoms with Crippen molar-refractivity contribution >= 4 is 33.0 Å². The van der Waals surface area contributed by atoms with Gasteiger partial charge in [-0.3, -0.25) is 9.20 Å². The van der Waals surface area contributed by atoms with Crippen LogP contribution in [-0.2, 0) is 4.74 Å². The fourth-order valence-corrected chi connectivity index (χ4v) is 6.38. The third-order valence-electron chi connectivity index (χ3n) is 6.74. The average Bonchev–Trinajstić information content (AvgIpc) is 3.45. The zero-order valence-electron chi connectivity index (χ0n) is 21.1. The molecule has 188 valence electrons. The second kappa shape index (κ2) is 8.02. The lowest BCUT2D eigenvalue weighted by molar-refractivity contribution is 0.0210. The number of carbonyl (C=O) groups excluding carboxylic acids is 1. The third-order valence-corrected chi connectivity index (χ3v) is 7.73. The van der Waals surface area contributed by atoms with Crippen LogP contribution < -0.4 is 10.5 Å². The van der Waals surface area contributed by atoms with Crippen molar-refractivity contribution in [1.82, 2.24) is 28.9 Å². The second-order valence-corrected chi connectivity index (χ2v) is 11.7. The van der Waals surface area contributed by atoms with E-state index in [0.717, 1.165) is 34.7 Å². The minimum absolute atomic E-state index is 0.140. The van der Waals surface area contributed by atoms with Crippen LogP contribution in [0.15, 0.2) is 29.3 Å². The Morgan fingerprint density at radius 1 is 1.06 bits per heavy atom.